The standard InChI is InChI=1S/C23H22N8O2/c32-22-9-8-19(28-29-22)16-4-6-18(7-5-16)27-23(33)17-3-1-11-30(14-17)20-13-21(25-15-24-20)31-12-2-10-26-31/h2,4-10,12-13,15,17H,1,3,11,14H2,(H,27,33)(H,29,32)/t17-/m0/s1. The van der Waals surface area contributed by atoms with Crippen molar-refractivity contribution in [2.24, 2.45) is 5.92 Å². The molecule has 5 rings (SSSR count). The second kappa shape index (κ2) is 9.03. The van der Waals surface area contributed by atoms with Gasteiger partial charge in [0.25, 0.3) is 5.56 Å². The lowest BCUT2D eigenvalue weighted by Gasteiger charge is -2.32. The molecule has 0 unspecified atom stereocenters. The van der Waals surface area contributed by atoms with Gasteiger partial charge in [-0.3, -0.25) is 9.59 Å². The molecule has 4 heterocycles. The Morgan fingerprint density at radius 1 is 1.09 bits per heavy atom. The first kappa shape index (κ1) is 20.6. The summed E-state index contributed by atoms with van der Waals surface area (Å²) < 4.78 is 1.69. The van der Waals surface area contributed by atoms with Crippen molar-refractivity contribution in [3.05, 3.63) is 77.6 Å². The molecule has 0 radical (unpaired) electrons. The number of nitrogens with zero attached hydrogens (tertiary/aromatic N) is 6. The van der Waals surface area contributed by atoms with Gasteiger partial charge in [-0.25, -0.2) is 19.7 Å². The number of aromatic nitrogens is 6. The number of carbonyl (C=O) groups is 1. The van der Waals surface area contributed by atoms with Crippen molar-refractivity contribution in [1.82, 2.24) is 29.9 Å². The van der Waals surface area contributed by atoms with Crippen LogP contribution in [0, 0.1) is 5.92 Å². The topological polar surface area (TPSA) is 122 Å². The Hall–Kier alpha value is -4.34. The Labute approximate surface area is 189 Å². The van der Waals surface area contributed by atoms with Crippen LogP contribution in [0.2, 0.25) is 0 Å². The highest BCUT2D eigenvalue weighted by molar-refractivity contribution is 5.93. The number of anilines is 2. The molecule has 0 bridgehead atoms. The third-order valence-corrected chi connectivity index (χ3v) is 5.62. The number of piperidine rings is 1. The highest BCUT2D eigenvalue weighted by Crippen LogP contribution is 2.24. The molecular weight excluding hydrogens is 420 g/mol. The number of nitrogens with one attached hydrogen (secondary N) is 2. The predicted molar refractivity (Wildman–Crippen MR) is 123 cm³/mol. The molecule has 1 aliphatic rings. The van der Waals surface area contributed by atoms with Crippen LogP contribution in [-0.2, 0) is 4.79 Å². The lowest BCUT2D eigenvalue weighted by atomic mass is 9.97. The van der Waals surface area contributed by atoms with Gasteiger partial charge in [-0.2, -0.15) is 10.2 Å². The summed E-state index contributed by atoms with van der Waals surface area (Å²) in [5, 5.41) is 13.7. The molecule has 1 aromatic carbocycles. The molecule has 10 heteroatoms. The fourth-order valence-corrected chi connectivity index (χ4v) is 3.91. The maximum absolute atomic E-state index is 13.0. The quantitative estimate of drug-likeness (QED) is 0.486. The van der Waals surface area contributed by atoms with Crippen molar-refractivity contribution >= 4 is 17.4 Å². The number of benzene rings is 1. The third kappa shape index (κ3) is 4.64. The Morgan fingerprint density at radius 3 is 2.70 bits per heavy atom. The summed E-state index contributed by atoms with van der Waals surface area (Å²) >= 11 is 0. The first-order valence-corrected chi connectivity index (χ1v) is 10.7. The van der Waals surface area contributed by atoms with Gasteiger partial charge in [0.1, 0.15) is 12.1 Å². The van der Waals surface area contributed by atoms with Crippen LogP contribution < -0.4 is 15.8 Å². The zero-order valence-electron chi connectivity index (χ0n) is 17.8. The van der Waals surface area contributed by atoms with Gasteiger partial charge < -0.3 is 10.2 Å². The second-order valence-corrected chi connectivity index (χ2v) is 7.84. The van der Waals surface area contributed by atoms with E-state index in [9.17, 15) is 9.59 Å². The Bertz CT molecular complexity index is 1280. The molecule has 1 atom stereocenters. The molecule has 0 saturated carbocycles. The van der Waals surface area contributed by atoms with Gasteiger partial charge in [0.05, 0.1) is 11.6 Å². The fourth-order valence-electron chi connectivity index (χ4n) is 3.91. The summed E-state index contributed by atoms with van der Waals surface area (Å²) in [4.78, 5) is 34.9. The van der Waals surface area contributed by atoms with Crippen LogP contribution in [0.1, 0.15) is 12.8 Å². The number of aromatic amines is 1. The van der Waals surface area contributed by atoms with Crippen LogP contribution in [0.15, 0.2) is 72.0 Å². The molecule has 1 aliphatic heterocycles. The van der Waals surface area contributed by atoms with E-state index in [0.29, 0.717) is 23.7 Å². The van der Waals surface area contributed by atoms with Gasteiger partial charge in [0.2, 0.25) is 5.91 Å². The average Bonchev–Trinajstić information content (AvgIpc) is 3.41. The summed E-state index contributed by atoms with van der Waals surface area (Å²) in [6.45, 7) is 1.42. The fraction of sp³-hybridized carbons (Fsp3) is 0.217. The zero-order valence-corrected chi connectivity index (χ0v) is 17.8. The largest absolute Gasteiger partial charge is 0.356 e. The molecular formula is C23H22N8O2. The summed E-state index contributed by atoms with van der Waals surface area (Å²) in [5.74, 6) is 1.30. The Morgan fingerprint density at radius 2 is 1.94 bits per heavy atom. The van der Waals surface area contributed by atoms with Gasteiger partial charge in [0.15, 0.2) is 5.82 Å². The van der Waals surface area contributed by atoms with Gasteiger partial charge in [-0.1, -0.05) is 12.1 Å². The van der Waals surface area contributed by atoms with Crippen molar-refractivity contribution in [2.45, 2.75) is 12.8 Å². The van der Waals surface area contributed by atoms with E-state index in [0.717, 1.165) is 30.8 Å². The van der Waals surface area contributed by atoms with E-state index in [1.54, 1.807) is 16.9 Å². The molecule has 10 nitrogen and oxygen atoms in total. The third-order valence-electron chi connectivity index (χ3n) is 5.62. The smallest absolute Gasteiger partial charge is 0.264 e. The van der Waals surface area contributed by atoms with Crippen LogP contribution in [0.5, 0.6) is 0 Å². The molecule has 0 spiro atoms. The minimum absolute atomic E-state index is 0.0176. The molecule has 33 heavy (non-hydrogen) atoms. The number of H-pyrrole nitrogens is 1. The summed E-state index contributed by atoms with van der Waals surface area (Å²) in [6.07, 6.45) is 6.77. The lowest BCUT2D eigenvalue weighted by Crippen LogP contribution is -2.41. The van der Waals surface area contributed by atoms with E-state index in [4.69, 9.17) is 0 Å². The van der Waals surface area contributed by atoms with E-state index in [2.05, 4.69) is 35.5 Å². The lowest BCUT2D eigenvalue weighted by molar-refractivity contribution is -0.120. The van der Waals surface area contributed by atoms with Gasteiger partial charge in [0, 0.05) is 48.9 Å². The zero-order chi connectivity index (χ0) is 22.6. The van der Waals surface area contributed by atoms with E-state index >= 15 is 0 Å². The number of hydrogen-bond donors (Lipinski definition) is 2. The second-order valence-electron chi connectivity index (χ2n) is 7.84. The number of carbonyl (C=O) groups excluding carboxylic acids is 1. The van der Waals surface area contributed by atoms with Crippen molar-refractivity contribution in [1.29, 1.82) is 0 Å². The highest BCUT2D eigenvalue weighted by atomic mass is 16.2. The molecule has 1 fully saturated rings. The van der Waals surface area contributed by atoms with Crippen LogP contribution in [0.25, 0.3) is 17.1 Å². The van der Waals surface area contributed by atoms with Crippen molar-refractivity contribution < 1.29 is 4.79 Å². The predicted octanol–water partition coefficient (Wildman–Crippen LogP) is 2.27. The maximum Gasteiger partial charge on any atom is 0.264 e. The van der Waals surface area contributed by atoms with Crippen LogP contribution in [-0.4, -0.2) is 48.9 Å². The molecule has 1 amide bonds. The van der Waals surface area contributed by atoms with Gasteiger partial charge in [-0.05, 0) is 37.1 Å². The molecule has 4 aromatic rings. The average molecular weight is 442 g/mol. The molecule has 0 aliphatic carbocycles. The van der Waals surface area contributed by atoms with E-state index < -0.39 is 0 Å². The van der Waals surface area contributed by atoms with E-state index in [1.165, 1.54) is 12.4 Å². The first-order valence-electron chi connectivity index (χ1n) is 10.7. The minimum atomic E-state index is -0.247. The van der Waals surface area contributed by atoms with Crippen molar-refractivity contribution in [2.75, 3.05) is 23.3 Å². The van der Waals surface area contributed by atoms with E-state index in [-0.39, 0.29) is 17.4 Å². The minimum Gasteiger partial charge on any atom is -0.356 e. The van der Waals surface area contributed by atoms with E-state index in [1.807, 2.05) is 42.6 Å². The maximum atomic E-state index is 13.0. The summed E-state index contributed by atoms with van der Waals surface area (Å²) in [6, 6.07) is 14.2. The Kier molecular flexibility index (Phi) is 5.62. The Balaban J connectivity index is 1.24. The first-order chi connectivity index (χ1) is 16.2. The summed E-state index contributed by atoms with van der Waals surface area (Å²) in [7, 11) is 0. The SMILES string of the molecule is O=C(Nc1ccc(-c2ccc(=O)[nH]n2)cc1)[C@H]1CCCN(c2cc(-n3cccn3)ncn2)C1. The molecule has 166 valence electrons. The van der Waals surface area contributed by atoms with Crippen molar-refractivity contribution in [3.8, 4) is 17.1 Å². The highest BCUT2D eigenvalue weighted by Gasteiger charge is 2.27. The van der Waals surface area contributed by atoms with Gasteiger partial charge in [-0.15, -0.1) is 0 Å². The van der Waals surface area contributed by atoms with Crippen molar-refractivity contribution in [3.63, 3.8) is 0 Å². The number of hydrogen-bond acceptors (Lipinski definition) is 7. The molecule has 3 aromatic heterocycles. The normalized spacial score (nSPS) is 15.9. The van der Waals surface area contributed by atoms with Crippen LogP contribution in [0.3, 0.4) is 0 Å². The van der Waals surface area contributed by atoms with Crippen LogP contribution >= 0.6 is 0 Å². The number of rotatable bonds is 5. The summed E-state index contributed by atoms with van der Waals surface area (Å²) in [5.41, 5.74) is 1.98. The van der Waals surface area contributed by atoms with Crippen LogP contribution in [0.4, 0.5) is 11.5 Å². The molecule has 2 N–H and O–H groups in total. The van der Waals surface area contributed by atoms with Gasteiger partial charge >= 0.3 is 0 Å². The monoisotopic (exact) mass is 442 g/mol. The molecule has 1 saturated heterocycles. The number of amides is 1.